The van der Waals surface area contributed by atoms with Gasteiger partial charge in [0.2, 0.25) is 17.2 Å². The lowest BCUT2D eigenvalue weighted by Crippen LogP contribution is -2.29. The third-order valence-corrected chi connectivity index (χ3v) is 6.27. The average Bonchev–Trinajstić information content (AvgIpc) is 3.36. The van der Waals surface area contributed by atoms with Crippen LogP contribution < -0.4 is 10.7 Å². The summed E-state index contributed by atoms with van der Waals surface area (Å²) in [6.45, 7) is 2.36. The molecular weight excluding hydrogens is 461 g/mol. The lowest BCUT2D eigenvalue weighted by atomic mass is 9.97. The van der Waals surface area contributed by atoms with E-state index in [9.17, 15) is 14.0 Å². The molecule has 184 valence electrons. The molecule has 0 aliphatic heterocycles. The van der Waals surface area contributed by atoms with Crippen LogP contribution in [0.25, 0.3) is 33.9 Å². The molecule has 8 nitrogen and oxygen atoms in total. The number of aromatic nitrogens is 4. The van der Waals surface area contributed by atoms with E-state index in [1.807, 2.05) is 6.92 Å². The molecule has 0 saturated carbocycles. The monoisotopic (exact) mass is 487 g/mol. The summed E-state index contributed by atoms with van der Waals surface area (Å²) in [5.41, 5.74) is 2.74. The Kier molecular flexibility index (Phi) is 6.71. The van der Waals surface area contributed by atoms with Gasteiger partial charge in [-0.25, -0.2) is 9.37 Å². The van der Waals surface area contributed by atoms with Crippen molar-refractivity contribution >= 4 is 16.9 Å². The second kappa shape index (κ2) is 10.2. The molecule has 0 radical (unpaired) electrons. The van der Waals surface area contributed by atoms with Gasteiger partial charge in [0.25, 0.3) is 5.89 Å². The van der Waals surface area contributed by atoms with E-state index < -0.39 is 5.82 Å². The van der Waals surface area contributed by atoms with Crippen molar-refractivity contribution < 1.29 is 13.7 Å². The molecule has 0 unspecified atom stereocenters. The van der Waals surface area contributed by atoms with E-state index >= 15 is 0 Å². The van der Waals surface area contributed by atoms with Crippen molar-refractivity contribution in [2.45, 2.75) is 45.6 Å². The zero-order chi connectivity index (χ0) is 25.1. The third-order valence-electron chi connectivity index (χ3n) is 6.27. The fourth-order valence-corrected chi connectivity index (χ4v) is 4.42. The number of pyridine rings is 2. The molecule has 4 aromatic rings. The number of hydrogen-bond donors (Lipinski definition) is 1. The van der Waals surface area contributed by atoms with Crippen molar-refractivity contribution in [2.24, 2.45) is 0 Å². The van der Waals surface area contributed by atoms with Crippen LogP contribution in [-0.4, -0.2) is 32.1 Å². The molecule has 0 fully saturated rings. The summed E-state index contributed by atoms with van der Waals surface area (Å²) < 4.78 is 20.6. The Hall–Kier alpha value is -4.14. The van der Waals surface area contributed by atoms with Gasteiger partial charge in [-0.2, -0.15) is 4.98 Å². The fourth-order valence-electron chi connectivity index (χ4n) is 4.42. The predicted octanol–water partition coefficient (Wildman–Crippen LogP) is 4.57. The van der Waals surface area contributed by atoms with E-state index in [2.05, 4.69) is 26.5 Å². The molecule has 1 N–H and O–H groups in total. The molecule has 5 rings (SSSR count). The molecular formula is C27H26FN5O3. The van der Waals surface area contributed by atoms with Crippen LogP contribution in [0.4, 0.5) is 4.39 Å². The van der Waals surface area contributed by atoms with Crippen LogP contribution in [0.15, 0.2) is 63.6 Å². The molecule has 0 bridgehead atoms. The first kappa shape index (κ1) is 23.6. The maximum atomic E-state index is 13.6. The van der Waals surface area contributed by atoms with E-state index in [4.69, 9.17) is 4.52 Å². The number of benzene rings is 1. The maximum absolute atomic E-state index is 13.6. The van der Waals surface area contributed by atoms with Gasteiger partial charge >= 0.3 is 0 Å². The Morgan fingerprint density at radius 2 is 2.08 bits per heavy atom. The van der Waals surface area contributed by atoms with Gasteiger partial charge in [0.15, 0.2) is 0 Å². The number of carbonyl (C=O) groups excluding carboxylic acids is 1. The van der Waals surface area contributed by atoms with Crippen LogP contribution in [0.2, 0.25) is 0 Å². The maximum Gasteiger partial charge on any atom is 0.263 e. The first-order chi connectivity index (χ1) is 17.5. The molecule has 0 atom stereocenters. The normalized spacial score (nSPS) is 13.6. The number of aryl methyl sites for hydroxylation is 1. The number of amides is 1. The smallest absolute Gasteiger partial charge is 0.263 e. The highest BCUT2D eigenvalue weighted by Gasteiger charge is 2.19. The van der Waals surface area contributed by atoms with E-state index in [1.165, 1.54) is 36.7 Å². The standard InChI is InChI=1S/C27H26FN5O3/c1-17-10-11-21-24(35)22(27-31-25(32-36-27)19-8-5-9-20(28)14-19)15-33(26(21)30-17)16-23(34)29-13-12-18-6-3-2-4-7-18/h5-6,8-11,14-15H,2-4,7,12-13,16H2,1H3,(H,29,34). The Labute approximate surface area is 206 Å². The van der Waals surface area contributed by atoms with Gasteiger partial charge in [-0.05, 0) is 63.3 Å². The molecule has 36 heavy (non-hydrogen) atoms. The highest BCUT2D eigenvalue weighted by atomic mass is 19.1. The van der Waals surface area contributed by atoms with E-state index in [-0.39, 0.29) is 35.2 Å². The zero-order valence-corrected chi connectivity index (χ0v) is 20.0. The van der Waals surface area contributed by atoms with Gasteiger partial charge in [-0.15, -0.1) is 0 Å². The molecule has 3 aromatic heterocycles. The fraction of sp³-hybridized carbons (Fsp3) is 0.296. The van der Waals surface area contributed by atoms with Crippen molar-refractivity contribution in [3.63, 3.8) is 0 Å². The van der Waals surface area contributed by atoms with Crippen molar-refractivity contribution in [3.05, 3.63) is 76.0 Å². The van der Waals surface area contributed by atoms with Gasteiger partial charge < -0.3 is 14.4 Å². The lowest BCUT2D eigenvalue weighted by molar-refractivity contribution is -0.121. The molecule has 1 aliphatic rings. The summed E-state index contributed by atoms with van der Waals surface area (Å²) in [7, 11) is 0. The number of fused-ring (bicyclic) bond motifs is 1. The SMILES string of the molecule is Cc1ccc2c(=O)c(-c3nc(-c4cccc(F)c4)no3)cn(CC(=O)NCCC3=CCCCC3)c2n1. The number of nitrogens with zero attached hydrogens (tertiary/aromatic N) is 4. The lowest BCUT2D eigenvalue weighted by Gasteiger charge is -2.14. The van der Waals surface area contributed by atoms with Gasteiger partial charge in [0.05, 0.1) is 5.39 Å². The van der Waals surface area contributed by atoms with Crippen molar-refractivity contribution in [1.82, 2.24) is 25.0 Å². The number of nitrogens with one attached hydrogen (secondary N) is 1. The Balaban J connectivity index is 1.44. The summed E-state index contributed by atoms with van der Waals surface area (Å²) in [5, 5.41) is 7.22. The highest BCUT2D eigenvalue weighted by Crippen LogP contribution is 2.23. The number of halogens is 1. The molecule has 1 aromatic carbocycles. The number of rotatable bonds is 7. The van der Waals surface area contributed by atoms with Crippen LogP contribution >= 0.6 is 0 Å². The van der Waals surface area contributed by atoms with Crippen LogP contribution in [0.5, 0.6) is 0 Å². The second-order valence-corrected chi connectivity index (χ2v) is 8.97. The van der Waals surface area contributed by atoms with Crippen molar-refractivity contribution in [3.8, 4) is 22.8 Å². The van der Waals surface area contributed by atoms with Gasteiger partial charge in [-0.1, -0.05) is 28.9 Å². The summed E-state index contributed by atoms with van der Waals surface area (Å²) in [6.07, 6.45) is 9.26. The van der Waals surface area contributed by atoms with Crippen LogP contribution in [0.1, 0.15) is 37.8 Å². The summed E-state index contributed by atoms with van der Waals surface area (Å²) >= 11 is 0. The van der Waals surface area contributed by atoms with Gasteiger partial charge in [0, 0.05) is 24.0 Å². The number of allylic oxidation sites excluding steroid dienone is 1. The molecule has 9 heteroatoms. The van der Waals surface area contributed by atoms with Crippen molar-refractivity contribution in [1.29, 1.82) is 0 Å². The quantitative estimate of drug-likeness (QED) is 0.383. The zero-order valence-electron chi connectivity index (χ0n) is 20.0. The third kappa shape index (κ3) is 5.10. The van der Waals surface area contributed by atoms with E-state index in [0.717, 1.165) is 25.0 Å². The predicted molar refractivity (Wildman–Crippen MR) is 134 cm³/mol. The van der Waals surface area contributed by atoms with Gasteiger partial charge in [-0.3, -0.25) is 9.59 Å². The number of hydrogen-bond acceptors (Lipinski definition) is 6. The Morgan fingerprint density at radius 1 is 1.19 bits per heavy atom. The first-order valence-electron chi connectivity index (χ1n) is 12.0. The van der Waals surface area contributed by atoms with Crippen LogP contribution in [0, 0.1) is 12.7 Å². The summed E-state index contributed by atoms with van der Waals surface area (Å²) in [6, 6.07) is 9.21. The second-order valence-electron chi connectivity index (χ2n) is 8.97. The Bertz CT molecular complexity index is 1520. The average molecular weight is 488 g/mol. The van der Waals surface area contributed by atoms with Crippen LogP contribution in [0.3, 0.4) is 0 Å². The Morgan fingerprint density at radius 3 is 2.89 bits per heavy atom. The first-order valence-corrected chi connectivity index (χ1v) is 12.0. The molecule has 1 amide bonds. The molecule has 1 aliphatic carbocycles. The van der Waals surface area contributed by atoms with Crippen LogP contribution in [-0.2, 0) is 11.3 Å². The molecule has 0 spiro atoms. The van der Waals surface area contributed by atoms with Gasteiger partial charge in [0.1, 0.15) is 23.6 Å². The minimum Gasteiger partial charge on any atom is -0.354 e. The minimum atomic E-state index is -0.431. The van der Waals surface area contributed by atoms with Crippen molar-refractivity contribution in [2.75, 3.05) is 6.54 Å². The largest absolute Gasteiger partial charge is 0.354 e. The minimum absolute atomic E-state index is 0.0138. The molecule has 0 saturated heterocycles. The highest BCUT2D eigenvalue weighted by molar-refractivity contribution is 5.83. The number of carbonyl (C=O) groups is 1. The molecule has 3 heterocycles. The summed E-state index contributed by atoms with van der Waals surface area (Å²) in [4.78, 5) is 34.9. The van der Waals surface area contributed by atoms with E-state index in [1.54, 1.807) is 28.8 Å². The topological polar surface area (TPSA) is 103 Å². The van der Waals surface area contributed by atoms with E-state index in [0.29, 0.717) is 23.1 Å². The summed E-state index contributed by atoms with van der Waals surface area (Å²) in [5.74, 6) is -0.469.